The van der Waals surface area contributed by atoms with Gasteiger partial charge in [0.2, 0.25) is 5.91 Å². The standard InChI is InChI=1S/C18H16N4O/c1-12-13-6-2-3-7-15(13)21-16(14(12)10-19)22-17(23)18(11-20)8-4-5-9-18/h2-3,6-7H,4-5,8-9H2,1H3,(H,21,22,23). The molecular weight excluding hydrogens is 288 g/mol. The Morgan fingerprint density at radius 1 is 1.26 bits per heavy atom. The number of pyridine rings is 1. The molecule has 0 aliphatic heterocycles. The zero-order chi connectivity index (χ0) is 16.4. The van der Waals surface area contributed by atoms with E-state index in [9.17, 15) is 15.3 Å². The Hall–Kier alpha value is -2.92. The fraction of sp³-hybridized carbons (Fsp3) is 0.333. The second-order valence-electron chi connectivity index (χ2n) is 5.94. The van der Waals surface area contributed by atoms with Crippen LogP contribution in [0.25, 0.3) is 10.9 Å². The molecule has 23 heavy (non-hydrogen) atoms. The van der Waals surface area contributed by atoms with Crippen LogP contribution >= 0.6 is 0 Å². The van der Waals surface area contributed by atoms with E-state index >= 15 is 0 Å². The Morgan fingerprint density at radius 2 is 1.96 bits per heavy atom. The molecule has 2 aromatic rings. The van der Waals surface area contributed by atoms with Gasteiger partial charge in [-0.2, -0.15) is 10.5 Å². The van der Waals surface area contributed by atoms with Gasteiger partial charge in [-0.15, -0.1) is 0 Å². The van der Waals surface area contributed by atoms with Crippen molar-refractivity contribution >= 4 is 22.6 Å². The summed E-state index contributed by atoms with van der Waals surface area (Å²) in [5.74, 6) is -0.105. The number of hydrogen-bond donors (Lipinski definition) is 1. The normalized spacial score (nSPS) is 15.8. The van der Waals surface area contributed by atoms with Crippen molar-refractivity contribution in [1.29, 1.82) is 10.5 Å². The first-order valence-corrected chi connectivity index (χ1v) is 7.63. The van der Waals surface area contributed by atoms with Crippen LogP contribution in [0.2, 0.25) is 0 Å². The first kappa shape index (κ1) is 15.0. The van der Waals surface area contributed by atoms with E-state index in [-0.39, 0.29) is 11.7 Å². The number of carbonyl (C=O) groups excluding carboxylic acids is 1. The van der Waals surface area contributed by atoms with Crippen molar-refractivity contribution in [2.45, 2.75) is 32.6 Å². The number of anilines is 1. The largest absolute Gasteiger partial charge is 0.308 e. The number of aromatic nitrogens is 1. The summed E-state index contributed by atoms with van der Waals surface area (Å²) in [7, 11) is 0. The van der Waals surface area contributed by atoms with Gasteiger partial charge >= 0.3 is 0 Å². The summed E-state index contributed by atoms with van der Waals surface area (Å²) in [6.07, 6.45) is 2.86. The molecule has 114 valence electrons. The number of nitrogens with one attached hydrogen (secondary N) is 1. The molecule has 1 saturated carbocycles. The molecule has 1 heterocycles. The van der Waals surface area contributed by atoms with E-state index < -0.39 is 5.41 Å². The van der Waals surface area contributed by atoms with Crippen molar-refractivity contribution in [3.63, 3.8) is 0 Å². The highest BCUT2D eigenvalue weighted by molar-refractivity contribution is 5.99. The molecule has 1 amide bonds. The van der Waals surface area contributed by atoms with Crippen LogP contribution < -0.4 is 5.32 Å². The van der Waals surface area contributed by atoms with Crippen LogP contribution in [0.3, 0.4) is 0 Å². The molecular formula is C18H16N4O. The van der Waals surface area contributed by atoms with Gasteiger partial charge in [0.25, 0.3) is 0 Å². The molecule has 1 aliphatic carbocycles. The lowest BCUT2D eigenvalue weighted by Gasteiger charge is -2.20. The zero-order valence-corrected chi connectivity index (χ0v) is 12.9. The number of amides is 1. The Balaban J connectivity index is 2.05. The molecule has 0 bridgehead atoms. The average Bonchev–Trinajstić information content (AvgIpc) is 3.05. The van der Waals surface area contributed by atoms with Crippen LogP contribution in [0.4, 0.5) is 5.82 Å². The summed E-state index contributed by atoms with van der Waals surface area (Å²) < 4.78 is 0. The molecule has 0 saturated heterocycles. The molecule has 5 nitrogen and oxygen atoms in total. The second-order valence-corrected chi connectivity index (χ2v) is 5.94. The van der Waals surface area contributed by atoms with Crippen molar-refractivity contribution in [2.24, 2.45) is 5.41 Å². The van der Waals surface area contributed by atoms with Crippen LogP contribution in [0.5, 0.6) is 0 Å². The maximum absolute atomic E-state index is 12.6. The average molecular weight is 304 g/mol. The van der Waals surface area contributed by atoms with Crippen molar-refractivity contribution in [3.05, 3.63) is 35.4 Å². The van der Waals surface area contributed by atoms with E-state index in [0.717, 1.165) is 29.3 Å². The van der Waals surface area contributed by atoms with Gasteiger partial charge in [-0.05, 0) is 31.4 Å². The van der Waals surface area contributed by atoms with Gasteiger partial charge < -0.3 is 5.32 Å². The number of nitrogens with zero attached hydrogens (tertiary/aromatic N) is 3. The molecule has 1 N–H and O–H groups in total. The minimum absolute atomic E-state index is 0.246. The van der Waals surface area contributed by atoms with E-state index in [1.54, 1.807) is 0 Å². The van der Waals surface area contributed by atoms with E-state index in [1.165, 1.54) is 0 Å². The monoisotopic (exact) mass is 304 g/mol. The van der Waals surface area contributed by atoms with Gasteiger partial charge in [-0.3, -0.25) is 4.79 Å². The Labute approximate surface area is 134 Å². The maximum atomic E-state index is 12.6. The number of nitriles is 2. The third-order valence-electron chi connectivity index (χ3n) is 4.60. The van der Waals surface area contributed by atoms with Gasteiger partial charge in [-0.1, -0.05) is 31.0 Å². The lowest BCUT2D eigenvalue weighted by atomic mass is 9.87. The molecule has 0 radical (unpaired) electrons. The van der Waals surface area contributed by atoms with Gasteiger partial charge in [-0.25, -0.2) is 4.98 Å². The SMILES string of the molecule is Cc1c(C#N)c(NC(=O)C2(C#N)CCCC2)nc2ccccc12. The Bertz CT molecular complexity index is 867. The number of carbonyl (C=O) groups is 1. The van der Waals surface area contributed by atoms with Gasteiger partial charge in [0, 0.05) is 5.39 Å². The Morgan fingerprint density at radius 3 is 2.61 bits per heavy atom. The molecule has 1 fully saturated rings. The van der Waals surface area contributed by atoms with Crippen molar-refractivity contribution < 1.29 is 4.79 Å². The fourth-order valence-electron chi connectivity index (χ4n) is 3.20. The van der Waals surface area contributed by atoms with E-state index in [0.29, 0.717) is 18.4 Å². The molecule has 1 aliphatic rings. The highest BCUT2D eigenvalue weighted by atomic mass is 16.2. The topological polar surface area (TPSA) is 89.6 Å². The Kier molecular flexibility index (Phi) is 3.72. The van der Waals surface area contributed by atoms with Crippen LogP contribution in [0, 0.1) is 35.0 Å². The molecule has 3 rings (SSSR count). The summed E-state index contributed by atoms with van der Waals surface area (Å²) in [4.78, 5) is 17.0. The molecule has 0 unspecified atom stereocenters. The molecule has 0 atom stereocenters. The third kappa shape index (κ3) is 2.41. The smallest absolute Gasteiger partial charge is 0.246 e. The number of benzene rings is 1. The second kappa shape index (κ2) is 5.70. The minimum Gasteiger partial charge on any atom is -0.308 e. The molecule has 5 heteroatoms. The van der Waals surface area contributed by atoms with E-state index in [2.05, 4.69) is 22.4 Å². The maximum Gasteiger partial charge on any atom is 0.246 e. The highest BCUT2D eigenvalue weighted by Crippen LogP contribution is 2.38. The first-order chi connectivity index (χ1) is 11.1. The predicted molar refractivity (Wildman–Crippen MR) is 86.3 cm³/mol. The summed E-state index contributed by atoms with van der Waals surface area (Å²) in [6, 6.07) is 11.8. The van der Waals surface area contributed by atoms with Crippen LogP contribution in [0.15, 0.2) is 24.3 Å². The van der Waals surface area contributed by atoms with Crippen molar-refractivity contribution in [1.82, 2.24) is 4.98 Å². The van der Waals surface area contributed by atoms with Crippen LogP contribution in [0.1, 0.15) is 36.8 Å². The number of hydrogen-bond acceptors (Lipinski definition) is 4. The van der Waals surface area contributed by atoms with Crippen molar-refractivity contribution in [3.8, 4) is 12.1 Å². The third-order valence-corrected chi connectivity index (χ3v) is 4.60. The molecule has 1 aromatic heterocycles. The minimum atomic E-state index is -0.992. The fourth-order valence-corrected chi connectivity index (χ4v) is 3.20. The number of fused-ring (bicyclic) bond motifs is 1. The summed E-state index contributed by atoms with van der Waals surface area (Å²) >= 11 is 0. The number of aryl methyl sites for hydroxylation is 1. The quantitative estimate of drug-likeness (QED) is 0.920. The predicted octanol–water partition coefficient (Wildman–Crippen LogP) is 3.44. The van der Waals surface area contributed by atoms with Gasteiger partial charge in [0.05, 0.1) is 17.1 Å². The van der Waals surface area contributed by atoms with Crippen molar-refractivity contribution in [2.75, 3.05) is 5.32 Å². The first-order valence-electron chi connectivity index (χ1n) is 7.63. The van der Waals surface area contributed by atoms with Crippen LogP contribution in [-0.4, -0.2) is 10.9 Å². The lowest BCUT2D eigenvalue weighted by Crippen LogP contribution is -2.33. The number of para-hydroxylation sites is 1. The van der Waals surface area contributed by atoms with E-state index in [1.807, 2.05) is 31.2 Å². The lowest BCUT2D eigenvalue weighted by molar-refractivity contribution is -0.122. The zero-order valence-electron chi connectivity index (χ0n) is 12.9. The van der Waals surface area contributed by atoms with E-state index in [4.69, 9.17) is 0 Å². The van der Waals surface area contributed by atoms with Gasteiger partial charge in [0.1, 0.15) is 11.5 Å². The highest BCUT2D eigenvalue weighted by Gasteiger charge is 2.42. The van der Waals surface area contributed by atoms with Gasteiger partial charge in [0.15, 0.2) is 5.82 Å². The molecule has 1 aromatic carbocycles. The van der Waals surface area contributed by atoms with Crippen LogP contribution in [-0.2, 0) is 4.79 Å². The number of rotatable bonds is 2. The summed E-state index contributed by atoms with van der Waals surface area (Å²) in [6.45, 7) is 1.84. The summed E-state index contributed by atoms with van der Waals surface area (Å²) in [5.41, 5.74) is 0.860. The molecule has 0 spiro atoms. The summed E-state index contributed by atoms with van der Waals surface area (Å²) in [5, 5.41) is 22.5.